The van der Waals surface area contributed by atoms with Crippen LogP contribution in [-0.4, -0.2) is 27.1 Å². The molecule has 1 rings (SSSR count). The lowest BCUT2D eigenvalue weighted by molar-refractivity contribution is -0.386. The lowest BCUT2D eigenvalue weighted by Gasteiger charge is -2.17. The Morgan fingerprint density at radius 3 is 2.65 bits per heavy atom. The molecule has 6 heteroatoms. The van der Waals surface area contributed by atoms with E-state index in [-0.39, 0.29) is 23.6 Å². The predicted molar refractivity (Wildman–Crippen MR) is 64.1 cm³/mol. The Hall–Kier alpha value is -1.17. The number of rotatable bonds is 5. The van der Waals surface area contributed by atoms with Crippen molar-refractivity contribution in [2.45, 2.75) is 25.6 Å². The van der Waals surface area contributed by atoms with Gasteiger partial charge in [0.25, 0.3) is 5.69 Å². The van der Waals surface area contributed by atoms with Crippen LogP contribution >= 0.6 is 11.6 Å². The van der Waals surface area contributed by atoms with Crippen LogP contribution in [0.3, 0.4) is 0 Å². The van der Waals surface area contributed by atoms with Crippen LogP contribution in [0, 0.1) is 17.0 Å². The summed E-state index contributed by atoms with van der Waals surface area (Å²) in [6.07, 6.45) is -2.23. The average molecular weight is 260 g/mol. The second-order valence-corrected chi connectivity index (χ2v) is 4.19. The Morgan fingerprint density at radius 2 is 2.12 bits per heavy atom. The van der Waals surface area contributed by atoms with Crippen LogP contribution < -0.4 is 0 Å². The molecule has 0 aliphatic rings. The molecule has 0 fully saturated rings. The fourth-order valence-corrected chi connectivity index (χ4v) is 1.76. The number of alkyl halides is 1. The summed E-state index contributed by atoms with van der Waals surface area (Å²) in [6.45, 7) is 1.72. The van der Waals surface area contributed by atoms with Gasteiger partial charge < -0.3 is 10.2 Å². The van der Waals surface area contributed by atoms with E-state index in [9.17, 15) is 20.3 Å². The number of nitro benzene ring substituents is 1. The Kier molecular flexibility index (Phi) is 4.86. The predicted octanol–water partition coefficient (Wildman–Crippen LogP) is 1.93. The molecule has 0 aliphatic carbocycles. The Bertz CT molecular complexity index is 410. The fraction of sp³-hybridized carbons (Fsp3) is 0.455. The Labute approximate surface area is 104 Å². The second-order valence-electron chi connectivity index (χ2n) is 3.81. The molecular formula is C11H14ClNO4. The Morgan fingerprint density at radius 1 is 1.47 bits per heavy atom. The lowest BCUT2D eigenvalue weighted by atomic mass is 9.99. The van der Waals surface area contributed by atoms with Crippen molar-refractivity contribution in [3.8, 4) is 0 Å². The minimum Gasteiger partial charge on any atom is -0.390 e. The highest BCUT2D eigenvalue weighted by molar-refractivity contribution is 6.17. The maximum absolute atomic E-state index is 10.8. The Balaban J connectivity index is 3.08. The number of aryl methyl sites for hydroxylation is 1. The molecule has 0 aliphatic heterocycles. The average Bonchev–Trinajstić information content (AvgIpc) is 2.28. The smallest absolute Gasteiger partial charge is 0.275 e. The molecule has 2 N–H and O–H groups in total. The molecule has 0 heterocycles. The van der Waals surface area contributed by atoms with Crippen LogP contribution in [0.15, 0.2) is 18.2 Å². The van der Waals surface area contributed by atoms with Gasteiger partial charge in [0, 0.05) is 11.9 Å². The molecule has 0 aromatic heterocycles. The van der Waals surface area contributed by atoms with E-state index >= 15 is 0 Å². The molecule has 0 spiro atoms. The van der Waals surface area contributed by atoms with Gasteiger partial charge in [0.15, 0.2) is 0 Å². The largest absolute Gasteiger partial charge is 0.390 e. The molecule has 0 amide bonds. The number of benzene rings is 1. The topological polar surface area (TPSA) is 83.6 Å². The zero-order valence-electron chi connectivity index (χ0n) is 9.34. The number of halogens is 1. The SMILES string of the molecule is Cc1ccc(C(O)C(O)CCCl)c([N+](=O)[O-])c1. The molecule has 0 saturated heterocycles. The molecule has 2 unspecified atom stereocenters. The van der Waals surface area contributed by atoms with Gasteiger partial charge in [0.2, 0.25) is 0 Å². The third-order valence-corrected chi connectivity index (χ3v) is 2.69. The quantitative estimate of drug-likeness (QED) is 0.481. The molecule has 1 aromatic rings. The zero-order valence-corrected chi connectivity index (χ0v) is 10.1. The second kappa shape index (κ2) is 5.95. The van der Waals surface area contributed by atoms with Crippen molar-refractivity contribution in [3.05, 3.63) is 39.4 Å². The first-order valence-corrected chi connectivity index (χ1v) is 5.68. The molecule has 0 radical (unpaired) electrons. The molecule has 17 heavy (non-hydrogen) atoms. The fourth-order valence-electron chi connectivity index (χ4n) is 1.54. The third kappa shape index (κ3) is 3.39. The number of nitro groups is 1. The molecule has 2 atom stereocenters. The van der Waals surface area contributed by atoms with Crippen LogP contribution in [-0.2, 0) is 0 Å². The van der Waals surface area contributed by atoms with Crippen LogP contribution in [0.1, 0.15) is 23.7 Å². The van der Waals surface area contributed by atoms with Crippen LogP contribution in [0.2, 0.25) is 0 Å². The standard InChI is InChI=1S/C11H14ClNO4/c1-7-2-3-8(9(6-7)13(16)17)11(15)10(14)4-5-12/h2-3,6,10-11,14-15H,4-5H2,1H3. The minimum absolute atomic E-state index is 0.109. The van der Waals surface area contributed by atoms with E-state index in [0.717, 1.165) is 5.56 Å². The van der Waals surface area contributed by atoms with E-state index in [2.05, 4.69) is 0 Å². The molecule has 0 bridgehead atoms. The summed E-state index contributed by atoms with van der Waals surface area (Å²) in [7, 11) is 0. The normalized spacial score (nSPS) is 14.4. The van der Waals surface area contributed by atoms with E-state index in [1.165, 1.54) is 12.1 Å². The number of hydrogen-bond acceptors (Lipinski definition) is 4. The molecule has 0 saturated carbocycles. The van der Waals surface area contributed by atoms with Crippen molar-refractivity contribution in [2.75, 3.05) is 5.88 Å². The summed E-state index contributed by atoms with van der Waals surface area (Å²) in [5.74, 6) is 0.178. The number of hydrogen-bond donors (Lipinski definition) is 2. The van der Waals surface area contributed by atoms with Crippen LogP contribution in [0.5, 0.6) is 0 Å². The summed E-state index contributed by atoms with van der Waals surface area (Å²) in [5.41, 5.74) is 0.642. The van der Waals surface area contributed by atoms with Gasteiger partial charge in [-0.1, -0.05) is 6.07 Å². The minimum atomic E-state index is -1.30. The number of nitrogens with zero attached hydrogens (tertiary/aromatic N) is 1. The summed E-state index contributed by atoms with van der Waals surface area (Å²) in [5, 5.41) is 30.3. The van der Waals surface area contributed by atoms with Gasteiger partial charge in [-0.15, -0.1) is 11.6 Å². The van der Waals surface area contributed by atoms with Crippen molar-refractivity contribution in [2.24, 2.45) is 0 Å². The monoisotopic (exact) mass is 259 g/mol. The van der Waals surface area contributed by atoms with Crippen molar-refractivity contribution in [1.82, 2.24) is 0 Å². The maximum Gasteiger partial charge on any atom is 0.275 e. The molecular weight excluding hydrogens is 246 g/mol. The van der Waals surface area contributed by atoms with E-state index in [0.29, 0.717) is 0 Å². The summed E-state index contributed by atoms with van der Waals surface area (Å²) in [4.78, 5) is 10.3. The summed E-state index contributed by atoms with van der Waals surface area (Å²) < 4.78 is 0. The highest BCUT2D eigenvalue weighted by Gasteiger charge is 2.25. The van der Waals surface area contributed by atoms with Gasteiger partial charge in [-0.25, -0.2) is 0 Å². The van der Waals surface area contributed by atoms with Crippen molar-refractivity contribution < 1.29 is 15.1 Å². The first-order valence-electron chi connectivity index (χ1n) is 5.14. The maximum atomic E-state index is 10.8. The lowest BCUT2D eigenvalue weighted by Crippen LogP contribution is -2.19. The number of aliphatic hydroxyl groups excluding tert-OH is 2. The van der Waals surface area contributed by atoms with E-state index in [4.69, 9.17) is 11.6 Å². The highest BCUT2D eigenvalue weighted by Crippen LogP contribution is 2.29. The summed E-state index contributed by atoms with van der Waals surface area (Å²) in [6, 6.07) is 4.47. The van der Waals surface area contributed by atoms with E-state index < -0.39 is 17.1 Å². The van der Waals surface area contributed by atoms with Crippen molar-refractivity contribution in [1.29, 1.82) is 0 Å². The molecule has 94 valence electrons. The van der Waals surface area contributed by atoms with Crippen molar-refractivity contribution >= 4 is 17.3 Å². The number of aliphatic hydroxyl groups is 2. The zero-order chi connectivity index (χ0) is 13.0. The first-order chi connectivity index (χ1) is 7.97. The van der Waals surface area contributed by atoms with Crippen LogP contribution in [0.4, 0.5) is 5.69 Å². The van der Waals surface area contributed by atoms with Gasteiger partial charge in [0.1, 0.15) is 6.10 Å². The molecule has 1 aromatic carbocycles. The van der Waals surface area contributed by atoms with Gasteiger partial charge in [-0.2, -0.15) is 0 Å². The summed E-state index contributed by atoms with van der Waals surface area (Å²) >= 11 is 5.45. The van der Waals surface area contributed by atoms with Crippen molar-refractivity contribution in [3.63, 3.8) is 0 Å². The van der Waals surface area contributed by atoms with E-state index in [1.54, 1.807) is 13.0 Å². The van der Waals surface area contributed by atoms with Gasteiger partial charge >= 0.3 is 0 Å². The van der Waals surface area contributed by atoms with Gasteiger partial charge in [-0.05, 0) is 25.0 Å². The van der Waals surface area contributed by atoms with E-state index in [1.807, 2.05) is 0 Å². The highest BCUT2D eigenvalue weighted by atomic mass is 35.5. The molecule has 5 nitrogen and oxygen atoms in total. The first kappa shape index (κ1) is 13.9. The van der Waals surface area contributed by atoms with Crippen LogP contribution in [0.25, 0.3) is 0 Å². The van der Waals surface area contributed by atoms with Gasteiger partial charge in [0.05, 0.1) is 16.6 Å². The van der Waals surface area contributed by atoms with Gasteiger partial charge in [-0.3, -0.25) is 10.1 Å². The third-order valence-electron chi connectivity index (χ3n) is 2.47.